The lowest BCUT2D eigenvalue weighted by atomic mass is 10.1. The van der Waals surface area contributed by atoms with Gasteiger partial charge in [-0.25, -0.2) is 0 Å². The number of aryl methyl sites for hydroxylation is 2. The molecular weight excluding hydrogens is 381 g/mol. The largest absolute Gasteiger partial charge is 0.485 e. The smallest absolute Gasteiger partial charge is 0.202 e. The monoisotopic (exact) mass is 401 g/mol. The highest BCUT2D eigenvalue weighted by atomic mass is 35.5. The Balaban J connectivity index is 1.66. The lowest BCUT2D eigenvalue weighted by Gasteiger charge is -2.10. The summed E-state index contributed by atoms with van der Waals surface area (Å²) in [6, 6.07) is 16.8. The van der Waals surface area contributed by atoms with Crippen LogP contribution in [0.4, 0.5) is 0 Å². The van der Waals surface area contributed by atoms with Crippen LogP contribution in [0.25, 0.3) is 0 Å². The minimum absolute atomic E-state index is 0.0121. The van der Waals surface area contributed by atoms with E-state index in [0.717, 1.165) is 29.4 Å². The molecule has 0 radical (unpaired) electrons. The first-order valence-corrected chi connectivity index (χ1v) is 9.52. The molecule has 0 fully saturated rings. The molecule has 0 aliphatic heterocycles. The summed E-state index contributed by atoms with van der Waals surface area (Å²) < 4.78 is 7.76. The third kappa shape index (κ3) is 4.94. The minimum atomic E-state index is -0.0409. The van der Waals surface area contributed by atoms with E-state index in [9.17, 15) is 4.79 Å². The first-order chi connectivity index (χ1) is 12.9. The maximum atomic E-state index is 12.6. The number of carbonyl (C=O) groups is 1. The van der Waals surface area contributed by atoms with Crippen LogP contribution in [-0.2, 0) is 13.0 Å². The van der Waals surface area contributed by atoms with E-state index < -0.39 is 0 Å². The van der Waals surface area contributed by atoms with Crippen molar-refractivity contribution in [3.05, 3.63) is 87.2 Å². The molecule has 0 atom stereocenters. The Morgan fingerprint density at radius 2 is 1.74 bits per heavy atom. The summed E-state index contributed by atoms with van der Waals surface area (Å²) >= 11 is 11.9. The van der Waals surface area contributed by atoms with Gasteiger partial charge >= 0.3 is 0 Å². The van der Waals surface area contributed by atoms with Crippen molar-refractivity contribution < 1.29 is 9.53 Å². The van der Waals surface area contributed by atoms with Gasteiger partial charge in [-0.1, -0.05) is 41.4 Å². The van der Waals surface area contributed by atoms with Crippen molar-refractivity contribution in [2.45, 2.75) is 26.8 Å². The molecule has 2 aromatic carbocycles. The molecule has 0 saturated heterocycles. The van der Waals surface area contributed by atoms with E-state index in [-0.39, 0.29) is 12.4 Å². The molecule has 0 spiro atoms. The highest BCUT2D eigenvalue weighted by Gasteiger charge is 2.16. The molecule has 1 aromatic heterocycles. The van der Waals surface area contributed by atoms with Gasteiger partial charge in [0.15, 0.2) is 6.61 Å². The molecule has 0 aliphatic carbocycles. The van der Waals surface area contributed by atoms with Gasteiger partial charge in [0, 0.05) is 33.5 Å². The number of rotatable bonds is 7. The van der Waals surface area contributed by atoms with Gasteiger partial charge < -0.3 is 9.30 Å². The highest BCUT2D eigenvalue weighted by molar-refractivity contribution is 6.30. The second kappa shape index (κ2) is 8.64. The summed E-state index contributed by atoms with van der Waals surface area (Å²) in [5.74, 6) is 0.549. The third-order valence-electron chi connectivity index (χ3n) is 4.58. The Morgan fingerprint density at radius 3 is 2.44 bits per heavy atom. The quantitative estimate of drug-likeness (QED) is 0.460. The van der Waals surface area contributed by atoms with Gasteiger partial charge in [-0.15, -0.1) is 0 Å². The Hall–Kier alpha value is -2.23. The minimum Gasteiger partial charge on any atom is -0.485 e. The lowest BCUT2D eigenvalue weighted by molar-refractivity contribution is 0.0921. The zero-order valence-corrected chi connectivity index (χ0v) is 16.8. The number of benzene rings is 2. The van der Waals surface area contributed by atoms with Crippen molar-refractivity contribution in [2.75, 3.05) is 6.61 Å². The average molecular weight is 402 g/mol. The summed E-state index contributed by atoms with van der Waals surface area (Å²) in [5.41, 5.74) is 3.93. The molecule has 3 nitrogen and oxygen atoms in total. The van der Waals surface area contributed by atoms with Gasteiger partial charge in [-0.2, -0.15) is 0 Å². The molecule has 1 heterocycles. The predicted octanol–water partition coefficient (Wildman–Crippen LogP) is 5.92. The molecule has 0 saturated carbocycles. The Morgan fingerprint density at radius 1 is 1.00 bits per heavy atom. The van der Waals surface area contributed by atoms with E-state index in [2.05, 4.69) is 4.57 Å². The maximum absolute atomic E-state index is 12.6. The van der Waals surface area contributed by atoms with E-state index in [4.69, 9.17) is 27.9 Å². The van der Waals surface area contributed by atoms with Gasteiger partial charge in [0.25, 0.3) is 0 Å². The van der Waals surface area contributed by atoms with Crippen LogP contribution in [0.15, 0.2) is 54.6 Å². The van der Waals surface area contributed by atoms with E-state index in [1.165, 1.54) is 5.56 Å². The van der Waals surface area contributed by atoms with E-state index in [1.807, 2.05) is 44.2 Å². The number of hydrogen-bond donors (Lipinski definition) is 0. The molecule has 5 heteroatoms. The van der Waals surface area contributed by atoms with Crippen molar-refractivity contribution in [2.24, 2.45) is 0 Å². The summed E-state index contributed by atoms with van der Waals surface area (Å²) in [5, 5.41) is 1.32. The van der Waals surface area contributed by atoms with Crippen LogP contribution in [0.3, 0.4) is 0 Å². The summed E-state index contributed by atoms with van der Waals surface area (Å²) in [4.78, 5) is 12.6. The first kappa shape index (κ1) is 19.5. The van der Waals surface area contributed by atoms with Crippen LogP contribution in [0.5, 0.6) is 5.75 Å². The number of carbonyl (C=O) groups excluding carboxylic acids is 1. The van der Waals surface area contributed by atoms with Crippen molar-refractivity contribution in [3.8, 4) is 5.75 Å². The Bertz CT molecular complexity index is 945. The molecule has 0 aliphatic rings. The summed E-state index contributed by atoms with van der Waals surface area (Å²) in [6.07, 6.45) is 0.875. The highest BCUT2D eigenvalue weighted by Crippen LogP contribution is 2.20. The maximum Gasteiger partial charge on any atom is 0.202 e. The van der Waals surface area contributed by atoms with Crippen molar-refractivity contribution >= 4 is 29.0 Å². The fourth-order valence-corrected chi connectivity index (χ4v) is 3.41. The zero-order valence-electron chi connectivity index (χ0n) is 15.3. The van der Waals surface area contributed by atoms with Gasteiger partial charge in [0.1, 0.15) is 5.75 Å². The van der Waals surface area contributed by atoms with E-state index in [1.54, 1.807) is 24.3 Å². The topological polar surface area (TPSA) is 31.2 Å². The molecule has 3 aromatic rings. The fourth-order valence-electron chi connectivity index (χ4n) is 3.10. The molecular formula is C22H21Cl2NO2. The normalized spacial score (nSPS) is 10.8. The number of halogens is 2. The first-order valence-electron chi connectivity index (χ1n) is 8.77. The molecule has 0 amide bonds. The number of nitrogens with zero attached hydrogens (tertiary/aromatic N) is 1. The molecule has 3 rings (SSSR count). The Labute approximate surface area is 169 Å². The van der Waals surface area contributed by atoms with Crippen LogP contribution < -0.4 is 4.74 Å². The SMILES string of the molecule is Cc1cc(C(=O)COc2cccc(Cl)c2)c(C)n1CCc1ccc(Cl)cc1. The number of aromatic nitrogens is 1. The Kier molecular flexibility index (Phi) is 6.25. The van der Waals surface area contributed by atoms with Crippen molar-refractivity contribution in [1.82, 2.24) is 4.57 Å². The van der Waals surface area contributed by atoms with E-state index >= 15 is 0 Å². The van der Waals surface area contributed by atoms with Crippen LogP contribution in [-0.4, -0.2) is 17.0 Å². The molecule has 0 bridgehead atoms. The van der Waals surface area contributed by atoms with Gasteiger partial charge in [0.05, 0.1) is 0 Å². The van der Waals surface area contributed by atoms with Gasteiger partial charge in [0.2, 0.25) is 5.78 Å². The lowest BCUT2D eigenvalue weighted by Crippen LogP contribution is -2.13. The summed E-state index contributed by atoms with van der Waals surface area (Å²) in [7, 11) is 0. The third-order valence-corrected chi connectivity index (χ3v) is 5.06. The predicted molar refractivity (Wildman–Crippen MR) is 110 cm³/mol. The molecule has 0 unspecified atom stereocenters. The zero-order chi connectivity index (χ0) is 19.4. The molecule has 140 valence electrons. The molecule has 0 N–H and O–H groups in total. The average Bonchev–Trinajstić information content (AvgIpc) is 2.93. The van der Waals surface area contributed by atoms with Crippen LogP contribution >= 0.6 is 23.2 Å². The van der Waals surface area contributed by atoms with Crippen molar-refractivity contribution in [3.63, 3.8) is 0 Å². The summed E-state index contributed by atoms with van der Waals surface area (Å²) in [6.45, 7) is 4.79. The second-order valence-corrected chi connectivity index (χ2v) is 7.36. The molecule has 27 heavy (non-hydrogen) atoms. The van der Waals surface area contributed by atoms with Crippen LogP contribution in [0, 0.1) is 13.8 Å². The van der Waals surface area contributed by atoms with Gasteiger partial charge in [-0.3, -0.25) is 4.79 Å². The number of ketones is 1. The van der Waals surface area contributed by atoms with Gasteiger partial charge in [-0.05, 0) is 62.2 Å². The van der Waals surface area contributed by atoms with Crippen LogP contribution in [0.1, 0.15) is 27.3 Å². The standard InChI is InChI=1S/C22H21Cl2NO2/c1-15-12-21(22(26)14-27-20-5-3-4-19(24)13-20)16(2)25(15)11-10-17-6-8-18(23)9-7-17/h3-9,12-13H,10-11,14H2,1-2H3. The number of Topliss-reactive ketones (excluding diaryl/α,β-unsaturated/α-hetero) is 1. The van der Waals surface area contributed by atoms with E-state index in [0.29, 0.717) is 16.3 Å². The van der Waals surface area contributed by atoms with Crippen LogP contribution in [0.2, 0.25) is 10.0 Å². The fraction of sp³-hybridized carbons (Fsp3) is 0.227. The second-order valence-electron chi connectivity index (χ2n) is 6.48. The van der Waals surface area contributed by atoms with Crippen molar-refractivity contribution in [1.29, 1.82) is 0 Å². The number of ether oxygens (including phenoxy) is 1. The number of hydrogen-bond acceptors (Lipinski definition) is 2.